The van der Waals surface area contributed by atoms with Gasteiger partial charge in [0.05, 0.1) is 10.4 Å². The summed E-state index contributed by atoms with van der Waals surface area (Å²) in [5.41, 5.74) is 3.06. The topological polar surface area (TPSA) is 100 Å². The number of hydrogen-bond acceptors (Lipinski definition) is 6. The van der Waals surface area contributed by atoms with E-state index in [0.29, 0.717) is 17.2 Å². The molecule has 2 aromatic carbocycles. The number of benzene rings is 2. The first-order valence-electron chi connectivity index (χ1n) is 11.2. The van der Waals surface area contributed by atoms with Crippen molar-refractivity contribution in [1.29, 1.82) is 0 Å². The number of amides is 1. The van der Waals surface area contributed by atoms with Crippen molar-refractivity contribution in [3.8, 4) is 0 Å². The van der Waals surface area contributed by atoms with Crippen LogP contribution in [-0.2, 0) is 0 Å². The summed E-state index contributed by atoms with van der Waals surface area (Å²) < 4.78 is 0. The van der Waals surface area contributed by atoms with E-state index in [-0.39, 0.29) is 17.6 Å². The summed E-state index contributed by atoms with van der Waals surface area (Å²) in [5.74, 6) is 0.683. The fourth-order valence-electron chi connectivity index (χ4n) is 4.46. The number of carbonyl (C=O) groups excluding carboxylic acids is 1. The third-order valence-electron chi connectivity index (χ3n) is 6.25. The van der Waals surface area contributed by atoms with Gasteiger partial charge in [-0.15, -0.1) is 0 Å². The SMILES string of the molecule is Cc1cc(C(=O)NC2CCC(Nc3cc(N(C)C)c4ccccc4n3)CC2)ccc1[N+](=O)[O-]. The molecule has 172 valence electrons. The van der Waals surface area contributed by atoms with Gasteiger partial charge < -0.3 is 15.5 Å². The van der Waals surface area contributed by atoms with Crippen molar-refractivity contribution in [3.63, 3.8) is 0 Å². The van der Waals surface area contributed by atoms with Gasteiger partial charge in [0, 0.05) is 60.5 Å². The van der Waals surface area contributed by atoms with Crippen LogP contribution in [0.3, 0.4) is 0 Å². The van der Waals surface area contributed by atoms with Gasteiger partial charge in [0.2, 0.25) is 0 Å². The van der Waals surface area contributed by atoms with E-state index in [9.17, 15) is 14.9 Å². The molecule has 0 atom stereocenters. The van der Waals surface area contributed by atoms with Gasteiger partial charge in [0.1, 0.15) is 5.82 Å². The Hall–Kier alpha value is -3.68. The van der Waals surface area contributed by atoms with Crippen molar-refractivity contribution in [2.75, 3.05) is 24.3 Å². The van der Waals surface area contributed by atoms with Crippen LogP contribution in [-0.4, -0.2) is 42.0 Å². The van der Waals surface area contributed by atoms with Gasteiger partial charge in [0.15, 0.2) is 0 Å². The molecule has 1 aliphatic rings. The van der Waals surface area contributed by atoms with Gasteiger partial charge in [-0.25, -0.2) is 4.98 Å². The normalized spacial score (nSPS) is 18.0. The zero-order valence-electron chi connectivity index (χ0n) is 19.2. The second-order valence-corrected chi connectivity index (χ2v) is 8.86. The van der Waals surface area contributed by atoms with Crippen molar-refractivity contribution in [2.45, 2.75) is 44.7 Å². The molecule has 1 heterocycles. The zero-order chi connectivity index (χ0) is 23.5. The molecule has 4 rings (SSSR count). The minimum absolute atomic E-state index is 0.0258. The van der Waals surface area contributed by atoms with Crippen LogP contribution in [0.15, 0.2) is 48.5 Å². The molecule has 1 aliphatic carbocycles. The van der Waals surface area contributed by atoms with Crippen LogP contribution >= 0.6 is 0 Å². The fourth-order valence-corrected chi connectivity index (χ4v) is 4.46. The van der Waals surface area contributed by atoms with E-state index in [4.69, 9.17) is 4.98 Å². The Labute approximate surface area is 193 Å². The quantitative estimate of drug-likeness (QED) is 0.421. The number of aryl methyl sites for hydroxylation is 1. The number of nitro benzene ring substituents is 1. The maximum atomic E-state index is 12.6. The van der Waals surface area contributed by atoms with Gasteiger partial charge in [-0.3, -0.25) is 14.9 Å². The molecule has 8 heteroatoms. The minimum Gasteiger partial charge on any atom is -0.377 e. The van der Waals surface area contributed by atoms with Gasteiger partial charge >= 0.3 is 0 Å². The van der Waals surface area contributed by atoms with Crippen molar-refractivity contribution in [1.82, 2.24) is 10.3 Å². The van der Waals surface area contributed by atoms with Gasteiger partial charge in [-0.2, -0.15) is 0 Å². The van der Waals surface area contributed by atoms with Crippen LogP contribution in [0.2, 0.25) is 0 Å². The number of para-hydroxylation sites is 1. The number of rotatable bonds is 6. The van der Waals surface area contributed by atoms with Crippen LogP contribution in [0.4, 0.5) is 17.2 Å². The molecule has 0 unspecified atom stereocenters. The zero-order valence-corrected chi connectivity index (χ0v) is 19.2. The second kappa shape index (κ2) is 9.44. The molecule has 0 saturated heterocycles. The average molecular weight is 448 g/mol. The van der Waals surface area contributed by atoms with E-state index in [0.717, 1.165) is 48.1 Å². The van der Waals surface area contributed by atoms with Crippen molar-refractivity contribution >= 4 is 34.0 Å². The van der Waals surface area contributed by atoms with Gasteiger partial charge in [-0.1, -0.05) is 18.2 Å². The van der Waals surface area contributed by atoms with Gasteiger partial charge in [-0.05, 0) is 50.8 Å². The summed E-state index contributed by atoms with van der Waals surface area (Å²) in [4.78, 5) is 30.1. The molecule has 0 radical (unpaired) electrons. The highest BCUT2D eigenvalue weighted by Crippen LogP contribution is 2.29. The Morgan fingerprint density at radius 3 is 2.42 bits per heavy atom. The monoisotopic (exact) mass is 447 g/mol. The Morgan fingerprint density at radius 1 is 1.06 bits per heavy atom. The first kappa shape index (κ1) is 22.5. The van der Waals surface area contributed by atoms with Crippen LogP contribution in [0, 0.1) is 17.0 Å². The summed E-state index contributed by atoms with van der Waals surface area (Å²) in [7, 11) is 4.07. The smallest absolute Gasteiger partial charge is 0.272 e. The van der Waals surface area contributed by atoms with Gasteiger partial charge in [0.25, 0.3) is 11.6 Å². The fraction of sp³-hybridized carbons (Fsp3) is 0.360. The van der Waals surface area contributed by atoms with E-state index in [2.05, 4.69) is 27.7 Å². The Kier molecular flexibility index (Phi) is 6.44. The molecule has 1 saturated carbocycles. The van der Waals surface area contributed by atoms with Crippen molar-refractivity contribution in [3.05, 3.63) is 69.8 Å². The van der Waals surface area contributed by atoms with Crippen LogP contribution in [0.1, 0.15) is 41.6 Å². The molecule has 1 fully saturated rings. The van der Waals surface area contributed by atoms with E-state index in [1.807, 2.05) is 32.3 Å². The number of anilines is 2. The highest BCUT2D eigenvalue weighted by atomic mass is 16.6. The van der Waals surface area contributed by atoms with Crippen molar-refractivity contribution in [2.24, 2.45) is 0 Å². The number of pyridine rings is 1. The van der Waals surface area contributed by atoms with Crippen molar-refractivity contribution < 1.29 is 9.72 Å². The Bertz CT molecular complexity index is 1190. The standard InChI is InChI=1S/C25H29N5O3/c1-16-14-17(8-13-22(16)30(32)33)25(31)27-19-11-9-18(10-12-19)26-24-15-23(29(2)3)20-6-4-5-7-21(20)28-24/h4-8,13-15,18-19H,9-12H2,1-3H3,(H,26,28)(H,27,31). The molecule has 1 aromatic heterocycles. The molecule has 0 aliphatic heterocycles. The minimum atomic E-state index is -0.433. The maximum Gasteiger partial charge on any atom is 0.272 e. The molecule has 2 N–H and O–H groups in total. The van der Waals surface area contributed by atoms with E-state index >= 15 is 0 Å². The number of nitrogens with one attached hydrogen (secondary N) is 2. The highest BCUT2D eigenvalue weighted by Gasteiger charge is 2.24. The summed E-state index contributed by atoms with van der Waals surface area (Å²) >= 11 is 0. The lowest BCUT2D eigenvalue weighted by molar-refractivity contribution is -0.385. The molecule has 0 bridgehead atoms. The molecule has 1 amide bonds. The summed E-state index contributed by atoms with van der Waals surface area (Å²) in [6, 6.07) is 15.1. The third kappa shape index (κ3) is 5.05. The summed E-state index contributed by atoms with van der Waals surface area (Å²) in [6.45, 7) is 1.65. The molecule has 33 heavy (non-hydrogen) atoms. The molecule has 8 nitrogen and oxygen atoms in total. The van der Waals surface area contributed by atoms with Crippen LogP contribution < -0.4 is 15.5 Å². The molecule has 3 aromatic rings. The predicted molar refractivity (Wildman–Crippen MR) is 131 cm³/mol. The first-order chi connectivity index (χ1) is 15.8. The second-order valence-electron chi connectivity index (χ2n) is 8.86. The third-order valence-corrected chi connectivity index (χ3v) is 6.25. The van der Waals surface area contributed by atoms with E-state index in [1.165, 1.54) is 12.1 Å². The number of nitro groups is 1. The first-order valence-corrected chi connectivity index (χ1v) is 11.2. The predicted octanol–water partition coefficient (Wildman–Crippen LogP) is 4.67. The summed E-state index contributed by atoms with van der Waals surface area (Å²) in [6.07, 6.45) is 3.58. The molecular formula is C25H29N5O3. The Balaban J connectivity index is 1.36. The lowest BCUT2D eigenvalue weighted by Crippen LogP contribution is -2.40. The van der Waals surface area contributed by atoms with E-state index < -0.39 is 4.92 Å². The average Bonchev–Trinajstić information content (AvgIpc) is 2.79. The van der Waals surface area contributed by atoms with E-state index in [1.54, 1.807) is 13.0 Å². The van der Waals surface area contributed by atoms with Crippen LogP contribution in [0.25, 0.3) is 10.9 Å². The number of fused-ring (bicyclic) bond motifs is 1. The maximum absolute atomic E-state index is 12.6. The van der Waals surface area contributed by atoms with Crippen LogP contribution in [0.5, 0.6) is 0 Å². The summed E-state index contributed by atoms with van der Waals surface area (Å²) in [5, 5.41) is 18.8. The number of nitrogens with zero attached hydrogens (tertiary/aromatic N) is 3. The number of hydrogen-bond donors (Lipinski definition) is 2. The molecule has 0 spiro atoms. The lowest BCUT2D eigenvalue weighted by Gasteiger charge is -2.30. The highest BCUT2D eigenvalue weighted by molar-refractivity contribution is 5.95. The molecular weight excluding hydrogens is 418 g/mol. The Morgan fingerprint density at radius 2 is 1.76 bits per heavy atom. The number of carbonyl (C=O) groups is 1. The lowest BCUT2D eigenvalue weighted by atomic mass is 9.91. The largest absolute Gasteiger partial charge is 0.377 e. The number of aromatic nitrogens is 1.